The molecule has 0 spiro atoms. The lowest BCUT2D eigenvalue weighted by atomic mass is 10.2. The molecule has 27 heavy (non-hydrogen) atoms. The van der Waals surface area contributed by atoms with Gasteiger partial charge in [0.15, 0.2) is 6.61 Å². The van der Waals surface area contributed by atoms with E-state index in [4.69, 9.17) is 16.3 Å². The zero-order valence-electron chi connectivity index (χ0n) is 14.7. The molecular weight excluding hydrogens is 371 g/mol. The summed E-state index contributed by atoms with van der Waals surface area (Å²) in [6.45, 7) is 3.05. The van der Waals surface area contributed by atoms with Gasteiger partial charge in [-0.25, -0.2) is 9.18 Å². The summed E-state index contributed by atoms with van der Waals surface area (Å²) in [5.74, 6) is -1.91. The van der Waals surface area contributed by atoms with Crippen LogP contribution in [0.2, 0.25) is 5.02 Å². The molecule has 1 heterocycles. The summed E-state index contributed by atoms with van der Waals surface area (Å²) in [6.07, 6.45) is 0. The molecule has 0 radical (unpaired) electrons. The van der Waals surface area contributed by atoms with E-state index in [1.807, 2.05) is 18.2 Å². The van der Waals surface area contributed by atoms with Crippen molar-refractivity contribution in [2.24, 2.45) is 0 Å². The molecular formula is C20H20ClFN2O3. The Bertz CT molecular complexity index is 808. The average molecular weight is 391 g/mol. The highest BCUT2D eigenvalue weighted by atomic mass is 35.5. The van der Waals surface area contributed by atoms with Gasteiger partial charge >= 0.3 is 5.97 Å². The molecule has 1 fully saturated rings. The molecule has 0 atom stereocenters. The SMILES string of the molecule is O=C(OCC(=O)N1CCN(Cc2ccccc2)CC1)c1cc(Cl)ccc1F. The largest absolute Gasteiger partial charge is 0.452 e. The Kier molecular flexibility index (Phi) is 6.42. The highest BCUT2D eigenvalue weighted by Gasteiger charge is 2.23. The number of hydrogen-bond acceptors (Lipinski definition) is 4. The molecule has 3 rings (SSSR count). The van der Waals surface area contributed by atoms with Gasteiger partial charge in [0.25, 0.3) is 5.91 Å². The predicted octanol–water partition coefficient (Wildman–Crippen LogP) is 2.98. The highest BCUT2D eigenvalue weighted by molar-refractivity contribution is 6.30. The van der Waals surface area contributed by atoms with E-state index in [2.05, 4.69) is 17.0 Å². The molecule has 0 bridgehead atoms. The van der Waals surface area contributed by atoms with Gasteiger partial charge in [-0.2, -0.15) is 0 Å². The van der Waals surface area contributed by atoms with E-state index < -0.39 is 18.4 Å². The summed E-state index contributed by atoms with van der Waals surface area (Å²) in [5.41, 5.74) is 0.956. The number of rotatable bonds is 5. The molecule has 0 aromatic heterocycles. The van der Waals surface area contributed by atoms with Crippen molar-refractivity contribution >= 4 is 23.5 Å². The van der Waals surface area contributed by atoms with E-state index >= 15 is 0 Å². The second-order valence-corrected chi connectivity index (χ2v) is 6.78. The van der Waals surface area contributed by atoms with Crippen LogP contribution in [0, 0.1) is 5.82 Å². The first-order valence-electron chi connectivity index (χ1n) is 8.69. The molecule has 7 heteroatoms. The van der Waals surface area contributed by atoms with E-state index in [-0.39, 0.29) is 16.5 Å². The van der Waals surface area contributed by atoms with E-state index in [9.17, 15) is 14.0 Å². The number of piperazine rings is 1. The number of nitrogens with zero attached hydrogens (tertiary/aromatic N) is 2. The van der Waals surface area contributed by atoms with E-state index in [0.717, 1.165) is 25.7 Å². The van der Waals surface area contributed by atoms with Gasteiger partial charge in [0, 0.05) is 37.7 Å². The molecule has 0 unspecified atom stereocenters. The first-order valence-corrected chi connectivity index (χ1v) is 9.07. The third-order valence-electron chi connectivity index (χ3n) is 4.45. The van der Waals surface area contributed by atoms with Gasteiger partial charge in [-0.05, 0) is 23.8 Å². The Morgan fingerprint density at radius 1 is 1.04 bits per heavy atom. The van der Waals surface area contributed by atoms with Gasteiger partial charge in [-0.15, -0.1) is 0 Å². The number of carbonyl (C=O) groups excluding carboxylic acids is 2. The number of carbonyl (C=O) groups is 2. The molecule has 0 saturated carbocycles. The van der Waals surface area contributed by atoms with Crippen LogP contribution >= 0.6 is 11.6 Å². The third-order valence-corrected chi connectivity index (χ3v) is 4.68. The Balaban J connectivity index is 1.45. The van der Waals surface area contributed by atoms with Crippen molar-refractivity contribution in [2.75, 3.05) is 32.8 Å². The maximum atomic E-state index is 13.7. The van der Waals surface area contributed by atoms with Crippen molar-refractivity contribution in [2.45, 2.75) is 6.54 Å². The second-order valence-electron chi connectivity index (χ2n) is 6.34. The van der Waals surface area contributed by atoms with E-state index in [0.29, 0.717) is 13.1 Å². The Morgan fingerprint density at radius 3 is 2.44 bits per heavy atom. The van der Waals surface area contributed by atoms with Crippen molar-refractivity contribution in [1.82, 2.24) is 9.80 Å². The summed E-state index contributed by atoms with van der Waals surface area (Å²) in [7, 11) is 0. The van der Waals surface area contributed by atoms with Crippen LogP contribution in [0.15, 0.2) is 48.5 Å². The van der Waals surface area contributed by atoms with Gasteiger partial charge in [0.1, 0.15) is 5.82 Å². The third kappa shape index (κ3) is 5.28. The fraction of sp³-hybridized carbons (Fsp3) is 0.300. The first-order chi connectivity index (χ1) is 13.0. The van der Waals surface area contributed by atoms with Crippen molar-refractivity contribution in [3.8, 4) is 0 Å². The first kappa shape index (κ1) is 19.3. The number of ether oxygens (including phenoxy) is 1. The maximum Gasteiger partial charge on any atom is 0.341 e. The monoisotopic (exact) mass is 390 g/mol. The van der Waals surface area contributed by atoms with E-state index in [1.165, 1.54) is 17.7 Å². The van der Waals surface area contributed by atoms with Gasteiger partial charge in [-0.3, -0.25) is 9.69 Å². The molecule has 2 aromatic rings. The van der Waals surface area contributed by atoms with Gasteiger partial charge in [-0.1, -0.05) is 41.9 Å². The minimum absolute atomic E-state index is 0.226. The molecule has 0 N–H and O–H groups in total. The van der Waals surface area contributed by atoms with Gasteiger partial charge in [0.2, 0.25) is 0 Å². The van der Waals surface area contributed by atoms with Crippen molar-refractivity contribution in [3.63, 3.8) is 0 Å². The minimum atomic E-state index is -0.897. The number of amides is 1. The molecule has 1 amide bonds. The van der Waals surface area contributed by atoms with Gasteiger partial charge in [0.05, 0.1) is 5.56 Å². The smallest absolute Gasteiger partial charge is 0.341 e. The van der Waals surface area contributed by atoms with Crippen molar-refractivity contribution in [1.29, 1.82) is 0 Å². The quantitative estimate of drug-likeness (QED) is 0.736. The lowest BCUT2D eigenvalue weighted by molar-refractivity contribution is -0.136. The molecule has 2 aromatic carbocycles. The molecule has 1 saturated heterocycles. The fourth-order valence-corrected chi connectivity index (χ4v) is 3.12. The minimum Gasteiger partial charge on any atom is -0.452 e. The van der Waals surface area contributed by atoms with Crippen LogP contribution < -0.4 is 0 Å². The molecule has 1 aliphatic heterocycles. The lowest BCUT2D eigenvalue weighted by Gasteiger charge is -2.34. The Hall–Kier alpha value is -2.44. The average Bonchev–Trinajstić information content (AvgIpc) is 2.69. The summed E-state index contributed by atoms with van der Waals surface area (Å²) < 4.78 is 18.6. The van der Waals surface area contributed by atoms with Crippen LogP contribution in [0.5, 0.6) is 0 Å². The van der Waals surface area contributed by atoms with Crippen LogP contribution in [0.1, 0.15) is 15.9 Å². The van der Waals surface area contributed by atoms with E-state index in [1.54, 1.807) is 4.90 Å². The number of esters is 1. The molecule has 0 aliphatic carbocycles. The van der Waals surface area contributed by atoms with Crippen LogP contribution in [0.3, 0.4) is 0 Å². The van der Waals surface area contributed by atoms with Gasteiger partial charge < -0.3 is 9.64 Å². The summed E-state index contributed by atoms with van der Waals surface area (Å²) >= 11 is 5.76. The highest BCUT2D eigenvalue weighted by Crippen LogP contribution is 2.16. The predicted molar refractivity (Wildman–Crippen MR) is 100.0 cm³/mol. The normalized spacial score (nSPS) is 14.8. The van der Waals surface area contributed by atoms with Crippen molar-refractivity contribution < 1.29 is 18.7 Å². The zero-order chi connectivity index (χ0) is 19.2. The maximum absolute atomic E-state index is 13.7. The zero-order valence-corrected chi connectivity index (χ0v) is 15.5. The second kappa shape index (κ2) is 8.97. The van der Waals surface area contributed by atoms with Crippen LogP contribution in [-0.4, -0.2) is 54.5 Å². The number of hydrogen-bond donors (Lipinski definition) is 0. The van der Waals surface area contributed by atoms with Crippen LogP contribution in [-0.2, 0) is 16.1 Å². The standard InChI is InChI=1S/C20H20ClFN2O3/c21-16-6-7-18(22)17(12-16)20(26)27-14-19(25)24-10-8-23(9-11-24)13-15-4-2-1-3-5-15/h1-7,12H,8-11,13-14H2. The summed E-state index contributed by atoms with van der Waals surface area (Å²) in [4.78, 5) is 28.1. The Morgan fingerprint density at radius 2 is 1.74 bits per heavy atom. The topological polar surface area (TPSA) is 49.9 Å². The Labute approximate surface area is 162 Å². The summed E-state index contributed by atoms with van der Waals surface area (Å²) in [6, 6.07) is 13.8. The summed E-state index contributed by atoms with van der Waals surface area (Å²) in [5, 5.41) is 0.226. The molecule has 142 valence electrons. The number of halogens is 2. The fourth-order valence-electron chi connectivity index (χ4n) is 2.95. The number of benzene rings is 2. The van der Waals surface area contributed by atoms with Crippen LogP contribution in [0.25, 0.3) is 0 Å². The molecule has 5 nitrogen and oxygen atoms in total. The van der Waals surface area contributed by atoms with Crippen LogP contribution in [0.4, 0.5) is 4.39 Å². The lowest BCUT2D eigenvalue weighted by Crippen LogP contribution is -2.49. The molecule has 1 aliphatic rings. The van der Waals surface area contributed by atoms with Crippen molar-refractivity contribution in [3.05, 3.63) is 70.5 Å².